The van der Waals surface area contributed by atoms with Crippen LogP contribution in [0.4, 0.5) is 0 Å². The van der Waals surface area contributed by atoms with Crippen LogP contribution in [0.2, 0.25) is 0 Å². The maximum absolute atomic E-state index is 10.5. The second-order valence-corrected chi connectivity index (χ2v) is 2.26. The Morgan fingerprint density at radius 2 is 2.25 bits per heavy atom. The molecule has 0 saturated heterocycles. The predicted molar refractivity (Wildman–Crippen MR) is 46.0 cm³/mol. The molecule has 12 heavy (non-hydrogen) atoms. The maximum atomic E-state index is 10.5. The highest BCUT2D eigenvalue weighted by atomic mass is 16.3. The Morgan fingerprint density at radius 1 is 1.50 bits per heavy atom. The van der Waals surface area contributed by atoms with Crippen LogP contribution >= 0.6 is 0 Å². The van der Waals surface area contributed by atoms with E-state index in [0.29, 0.717) is 11.1 Å². The molecular weight excluding hydrogens is 152 g/mol. The number of aromatic hydroxyl groups is 1. The van der Waals surface area contributed by atoms with Crippen LogP contribution in [-0.4, -0.2) is 11.4 Å². The summed E-state index contributed by atoms with van der Waals surface area (Å²) < 4.78 is 0. The molecule has 0 bridgehead atoms. The fourth-order valence-electron chi connectivity index (χ4n) is 0.890. The van der Waals surface area contributed by atoms with E-state index in [0.717, 1.165) is 6.29 Å². The molecule has 0 aliphatic rings. The minimum atomic E-state index is 0.123. The Balaban J connectivity index is 3.27. The van der Waals surface area contributed by atoms with E-state index >= 15 is 0 Å². The van der Waals surface area contributed by atoms with Gasteiger partial charge in [0.1, 0.15) is 5.75 Å². The van der Waals surface area contributed by atoms with Crippen LogP contribution in [0, 0.1) is 11.8 Å². The zero-order chi connectivity index (χ0) is 8.97. The Kier molecular flexibility index (Phi) is 2.49. The van der Waals surface area contributed by atoms with E-state index in [1.54, 1.807) is 13.0 Å². The summed E-state index contributed by atoms with van der Waals surface area (Å²) in [5.74, 6) is 5.52. The first kappa shape index (κ1) is 8.35. The molecule has 1 aromatic rings. The van der Waals surface area contributed by atoms with Crippen molar-refractivity contribution in [2.24, 2.45) is 0 Å². The normalized spacial score (nSPS) is 8.42. The lowest BCUT2D eigenvalue weighted by atomic mass is 10.1. The Bertz CT molecular complexity index is 356. The summed E-state index contributed by atoms with van der Waals surface area (Å²) in [6.07, 6.45) is 0.721. The molecule has 2 nitrogen and oxygen atoms in total. The van der Waals surface area contributed by atoms with Gasteiger partial charge in [0.25, 0.3) is 0 Å². The van der Waals surface area contributed by atoms with Crippen LogP contribution in [-0.2, 0) is 0 Å². The molecule has 0 atom stereocenters. The molecule has 0 unspecified atom stereocenters. The highest BCUT2D eigenvalue weighted by Gasteiger charge is 1.98. The molecule has 0 fully saturated rings. The molecule has 1 aromatic carbocycles. The highest BCUT2D eigenvalue weighted by molar-refractivity contribution is 5.79. The fraction of sp³-hybridized carbons (Fsp3) is 0.100. The van der Waals surface area contributed by atoms with E-state index in [9.17, 15) is 4.79 Å². The van der Waals surface area contributed by atoms with Crippen molar-refractivity contribution in [1.29, 1.82) is 0 Å². The second kappa shape index (κ2) is 3.59. The van der Waals surface area contributed by atoms with Gasteiger partial charge in [0.2, 0.25) is 0 Å². The molecule has 0 aliphatic carbocycles. The summed E-state index contributed by atoms with van der Waals surface area (Å²) >= 11 is 0. The van der Waals surface area contributed by atoms with Gasteiger partial charge < -0.3 is 5.11 Å². The third-order valence-electron chi connectivity index (χ3n) is 1.42. The maximum Gasteiger partial charge on any atom is 0.151 e. The van der Waals surface area contributed by atoms with Crippen molar-refractivity contribution in [3.05, 3.63) is 29.3 Å². The highest BCUT2D eigenvalue weighted by Crippen LogP contribution is 2.13. The van der Waals surface area contributed by atoms with Crippen LogP contribution in [0.25, 0.3) is 0 Å². The standard InChI is InChI=1S/C10H8O2/c1-2-3-8-6-10(12)5-4-9(8)7-11/h4-7,12H,1H3. The molecule has 1 N–H and O–H groups in total. The molecule has 0 aliphatic heterocycles. The Morgan fingerprint density at radius 3 is 2.83 bits per heavy atom. The van der Waals surface area contributed by atoms with Gasteiger partial charge >= 0.3 is 0 Å². The molecule has 2 heteroatoms. The van der Waals surface area contributed by atoms with Gasteiger partial charge in [-0.25, -0.2) is 0 Å². The van der Waals surface area contributed by atoms with E-state index < -0.39 is 0 Å². The van der Waals surface area contributed by atoms with Gasteiger partial charge in [0, 0.05) is 11.1 Å². The lowest BCUT2D eigenvalue weighted by Gasteiger charge is -1.96. The second-order valence-electron chi connectivity index (χ2n) is 2.26. The summed E-state index contributed by atoms with van der Waals surface area (Å²) in [4.78, 5) is 10.5. The number of carbonyl (C=O) groups is 1. The minimum Gasteiger partial charge on any atom is -0.508 e. The summed E-state index contributed by atoms with van der Waals surface area (Å²) in [5.41, 5.74) is 1.06. The smallest absolute Gasteiger partial charge is 0.151 e. The third kappa shape index (κ3) is 1.64. The quantitative estimate of drug-likeness (QED) is 0.500. The Hall–Kier alpha value is -1.75. The molecule has 1 rings (SSSR count). The number of aldehydes is 1. The summed E-state index contributed by atoms with van der Waals surface area (Å²) in [6.45, 7) is 1.68. The first-order valence-electron chi connectivity index (χ1n) is 3.49. The SMILES string of the molecule is CC#Cc1cc(O)ccc1C=O. The molecular formula is C10H8O2. The van der Waals surface area contributed by atoms with E-state index in [-0.39, 0.29) is 5.75 Å². The molecule has 0 amide bonds. The van der Waals surface area contributed by atoms with Gasteiger partial charge in [-0.1, -0.05) is 5.92 Å². The molecule has 0 heterocycles. The number of phenolic OH excluding ortho intramolecular Hbond substituents is 1. The van der Waals surface area contributed by atoms with Crippen molar-refractivity contribution in [2.75, 3.05) is 0 Å². The fourth-order valence-corrected chi connectivity index (χ4v) is 0.890. The zero-order valence-electron chi connectivity index (χ0n) is 6.66. The van der Waals surface area contributed by atoms with Crippen molar-refractivity contribution in [3.63, 3.8) is 0 Å². The van der Waals surface area contributed by atoms with Crippen molar-refractivity contribution in [3.8, 4) is 17.6 Å². The predicted octanol–water partition coefficient (Wildman–Crippen LogP) is 1.58. The van der Waals surface area contributed by atoms with Crippen LogP contribution in [0.15, 0.2) is 18.2 Å². The van der Waals surface area contributed by atoms with Crippen molar-refractivity contribution >= 4 is 6.29 Å². The number of phenols is 1. The van der Waals surface area contributed by atoms with Crippen LogP contribution in [0.3, 0.4) is 0 Å². The molecule has 0 radical (unpaired) electrons. The third-order valence-corrected chi connectivity index (χ3v) is 1.42. The lowest BCUT2D eigenvalue weighted by Crippen LogP contribution is -1.85. The first-order chi connectivity index (χ1) is 5.77. The number of hydrogen-bond donors (Lipinski definition) is 1. The van der Waals surface area contributed by atoms with E-state index in [1.165, 1.54) is 12.1 Å². The van der Waals surface area contributed by atoms with Gasteiger partial charge in [0.15, 0.2) is 6.29 Å². The topological polar surface area (TPSA) is 37.3 Å². The lowest BCUT2D eigenvalue weighted by molar-refractivity contribution is 0.112. The van der Waals surface area contributed by atoms with Crippen molar-refractivity contribution in [2.45, 2.75) is 6.92 Å². The summed E-state index contributed by atoms with van der Waals surface area (Å²) in [5, 5.41) is 9.08. The van der Waals surface area contributed by atoms with Crippen molar-refractivity contribution < 1.29 is 9.90 Å². The van der Waals surface area contributed by atoms with Gasteiger partial charge in [-0.05, 0) is 25.1 Å². The largest absolute Gasteiger partial charge is 0.508 e. The molecule has 0 spiro atoms. The van der Waals surface area contributed by atoms with Crippen LogP contribution in [0.5, 0.6) is 5.75 Å². The number of benzene rings is 1. The van der Waals surface area contributed by atoms with Gasteiger partial charge in [-0.3, -0.25) is 4.79 Å². The van der Waals surface area contributed by atoms with Crippen molar-refractivity contribution in [1.82, 2.24) is 0 Å². The van der Waals surface area contributed by atoms with E-state index in [2.05, 4.69) is 11.8 Å². The first-order valence-corrected chi connectivity index (χ1v) is 3.49. The molecule has 0 saturated carbocycles. The van der Waals surface area contributed by atoms with Gasteiger partial charge in [-0.15, -0.1) is 5.92 Å². The van der Waals surface area contributed by atoms with Crippen LogP contribution in [0.1, 0.15) is 22.8 Å². The zero-order valence-corrected chi connectivity index (χ0v) is 6.66. The number of hydrogen-bond acceptors (Lipinski definition) is 2. The Labute approximate surface area is 70.8 Å². The van der Waals surface area contributed by atoms with E-state index in [1.807, 2.05) is 0 Å². The summed E-state index contributed by atoms with van der Waals surface area (Å²) in [6, 6.07) is 4.48. The molecule has 0 aromatic heterocycles. The minimum absolute atomic E-state index is 0.123. The van der Waals surface area contributed by atoms with Gasteiger partial charge in [-0.2, -0.15) is 0 Å². The van der Waals surface area contributed by atoms with Gasteiger partial charge in [0.05, 0.1) is 0 Å². The molecule has 60 valence electrons. The number of rotatable bonds is 1. The van der Waals surface area contributed by atoms with E-state index in [4.69, 9.17) is 5.11 Å². The van der Waals surface area contributed by atoms with Crippen LogP contribution < -0.4 is 0 Å². The average Bonchev–Trinajstić information content (AvgIpc) is 2.05. The average molecular weight is 160 g/mol. The monoisotopic (exact) mass is 160 g/mol. The number of carbonyl (C=O) groups excluding carboxylic acids is 1. The summed E-state index contributed by atoms with van der Waals surface area (Å²) in [7, 11) is 0.